The van der Waals surface area contributed by atoms with Crippen molar-refractivity contribution < 1.29 is 66.8 Å². The molecular formula is C66H111N2O14P. The molecule has 83 heavy (non-hydrogen) atoms. The van der Waals surface area contributed by atoms with Crippen molar-refractivity contribution in [1.82, 2.24) is 10.2 Å². The highest BCUT2D eigenvalue weighted by atomic mass is 31.2. The van der Waals surface area contributed by atoms with E-state index in [1.807, 2.05) is 0 Å². The Labute approximate surface area is 500 Å². The topological polar surface area (TPSA) is 217 Å². The SMILES string of the molecule is CCCCCCCCCCCCC(CCCCCCCCCCCC)C(=O)O[C@@H]([C@H](OP(=O)(Oc1ccccc1)Oc1ccccc1)[C@H](O)COC(=O)CCC(=O)N1CCOCC1)[C@H](CO)NC(=O)C[C@H](O)CCCCCCCCCCC. The third-order valence-electron chi connectivity index (χ3n) is 15.6. The van der Waals surface area contributed by atoms with Crippen LogP contribution in [0.4, 0.5) is 0 Å². The fourth-order valence-corrected chi connectivity index (χ4v) is 12.0. The van der Waals surface area contributed by atoms with E-state index in [4.69, 9.17) is 27.8 Å². The number of amides is 2. The maximum absolute atomic E-state index is 15.3. The molecule has 0 aliphatic carbocycles. The smallest absolute Gasteiger partial charge is 0.463 e. The van der Waals surface area contributed by atoms with Crippen LogP contribution >= 0.6 is 7.82 Å². The van der Waals surface area contributed by atoms with Crippen LogP contribution in [0.3, 0.4) is 0 Å². The van der Waals surface area contributed by atoms with Gasteiger partial charge >= 0.3 is 19.8 Å². The molecule has 4 N–H and O–H groups in total. The molecule has 2 aromatic rings. The minimum Gasteiger partial charge on any atom is -0.463 e. The number of phosphoric ester groups is 1. The molecule has 17 heteroatoms. The first-order chi connectivity index (χ1) is 40.4. The lowest BCUT2D eigenvalue weighted by atomic mass is 9.93. The van der Waals surface area contributed by atoms with Gasteiger partial charge in [-0.15, -0.1) is 0 Å². The third kappa shape index (κ3) is 34.6. The van der Waals surface area contributed by atoms with Crippen molar-refractivity contribution in [2.24, 2.45) is 5.92 Å². The third-order valence-corrected chi connectivity index (χ3v) is 17.0. The van der Waals surface area contributed by atoms with Crippen molar-refractivity contribution in [3.05, 3.63) is 60.7 Å². The lowest BCUT2D eigenvalue weighted by molar-refractivity contribution is -0.173. The fraction of sp³-hybridized carbons (Fsp3) is 0.758. The standard InChI is InChI=1S/C66H111N2O14P/c1-4-7-10-13-16-19-22-24-27-32-39-55(40-33-28-25-23-20-17-14-11-8-5-2)66(75)79-64(59(53-69)67-61(72)52-56(70)41-34-29-26-21-18-15-12-9-6-3)65(60(71)54-78-63(74)47-46-62(73)68-48-50-77-51-49-68)82-83(76,80-57-42-35-30-36-43-57)81-58-44-37-31-38-45-58/h30-31,35-38,42-45,55-56,59-60,64-65,69-71H,4-29,32-34,39-41,46-54H2,1-3H3,(H,67,72)/t56-,59+,60-,64-,65-/m1/s1. The minimum absolute atomic E-state index is 0.0611. The van der Waals surface area contributed by atoms with Gasteiger partial charge in [-0.3, -0.25) is 23.7 Å². The molecule has 474 valence electrons. The van der Waals surface area contributed by atoms with Gasteiger partial charge in [0.05, 0.1) is 50.7 Å². The summed E-state index contributed by atoms with van der Waals surface area (Å²) in [6.45, 7) is 6.51. The number of ether oxygens (including phenoxy) is 3. The van der Waals surface area contributed by atoms with Crippen molar-refractivity contribution in [2.75, 3.05) is 39.5 Å². The number of carbonyl (C=O) groups excluding carboxylic acids is 4. The van der Waals surface area contributed by atoms with E-state index in [9.17, 15) is 29.7 Å². The molecule has 1 heterocycles. The van der Waals surface area contributed by atoms with Gasteiger partial charge in [-0.1, -0.05) is 243 Å². The zero-order valence-corrected chi connectivity index (χ0v) is 52.4. The van der Waals surface area contributed by atoms with Crippen molar-refractivity contribution in [2.45, 2.75) is 276 Å². The van der Waals surface area contributed by atoms with Crippen molar-refractivity contribution in [1.29, 1.82) is 0 Å². The van der Waals surface area contributed by atoms with E-state index in [-0.39, 0.29) is 36.7 Å². The summed E-state index contributed by atoms with van der Waals surface area (Å²) >= 11 is 0. The van der Waals surface area contributed by atoms with Crippen molar-refractivity contribution in [3.63, 3.8) is 0 Å². The van der Waals surface area contributed by atoms with E-state index in [2.05, 4.69) is 26.1 Å². The number of carbonyl (C=O) groups is 4. The van der Waals surface area contributed by atoms with Crippen LogP contribution in [0.25, 0.3) is 0 Å². The largest absolute Gasteiger partial charge is 0.588 e. The summed E-state index contributed by atoms with van der Waals surface area (Å²) in [5.41, 5.74) is 0. The summed E-state index contributed by atoms with van der Waals surface area (Å²) < 4.78 is 51.2. The van der Waals surface area contributed by atoms with Gasteiger partial charge in [0.25, 0.3) is 0 Å². The molecule has 0 spiro atoms. The molecule has 16 nitrogen and oxygen atoms in total. The summed E-state index contributed by atoms with van der Waals surface area (Å²) in [5.74, 6) is -2.93. The average molecular weight is 1190 g/mol. The summed E-state index contributed by atoms with van der Waals surface area (Å²) in [6, 6.07) is 14.6. The molecule has 1 aliphatic rings. The number of nitrogens with one attached hydrogen (secondary N) is 1. The van der Waals surface area contributed by atoms with Crippen LogP contribution in [0.2, 0.25) is 0 Å². The highest BCUT2D eigenvalue weighted by Crippen LogP contribution is 2.52. The maximum atomic E-state index is 15.3. The lowest BCUT2D eigenvalue weighted by Crippen LogP contribution is -2.57. The summed E-state index contributed by atoms with van der Waals surface area (Å²) in [6.07, 6.45) is 25.9. The molecule has 3 rings (SSSR count). The molecule has 0 bridgehead atoms. The number of aliphatic hydroxyl groups is 3. The predicted molar refractivity (Wildman–Crippen MR) is 328 cm³/mol. The molecule has 1 fully saturated rings. The number of aliphatic hydroxyl groups excluding tert-OH is 3. The van der Waals surface area contributed by atoms with E-state index in [0.29, 0.717) is 52.0 Å². The van der Waals surface area contributed by atoms with Gasteiger partial charge in [-0.25, -0.2) is 4.57 Å². The second-order valence-corrected chi connectivity index (χ2v) is 24.4. The molecule has 0 saturated carbocycles. The average Bonchev–Trinajstić information content (AvgIpc) is 3.66. The first-order valence-corrected chi connectivity index (χ1v) is 34.1. The molecule has 1 saturated heterocycles. The number of hydrogen-bond acceptors (Lipinski definition) is 14. The second kappa shape index (κ2) is 47.1. The monoisotopic (exact) mass is 1190 g/mol. The van der Waals surface area contributed by atoms with Crippen LogP contribution in [-0.2, 0) is 42.5 Å². The Balaban J connectivity index is 2.00. The van der Waals surface area contributed by atoms with Gasteiger partial charge in [-0.2, -0.15) is 0 Å². The summed E-state index contributed by atoms with van der Waals surface area (Å²) in [4.78, 5) is 57.0. The molecule has 1 aliphatic heterocycles. The molecule has 5 atom stereocenters. The van der Waals surface area contributed by atoms with E-state index in [1.54, 1.807) is 41.3 Å². The van der Waals surface area contributed by atoms with Crippen LogP contribution in [0.5, 0.6) is 11.5 Å². The number of rotatable bonds is 52. The molecular weight excluding hydrogens is 1080 g/mol. The number of unbranched alkanes of at least 4 members (excludes halogenated alkanes) is 26. The van der Waals surface area contributed by atoms with Gasteiger partial charge < -0.3 is 48.8 Å². The van der Waals surface area contributed by atoms with Crippen LogP contribution in [-0.4, -0.2) is 114 Å². The summed E-state index contributed by atoms with van der Waals surface area (Å²) in [5, 5.41) is 37.6. The Hall–Kier alpha value is -4.05. The van der Waals surface area contributed by atoms with Gasteiger partial charge in [0, 0.05) is 19.5 Å². The molecule has 2 amide bonds. The van der Waals surface area contributed by atoms with Gasteiger partial charge in [0.15, 0.2) is 6.10 Å². The normalized spacial score (nSPS) is 14.6. The Bertz CT molecular complexity index is 1920. The van der Waals surface area contributed by atoms with Gasteiger partial charge in [-0.05, 0) is 43.5 Å². The number of morpholine rings is 1. The number of benzene rings is 2. The van der Waals surface area contributed by atoms with E-state index < -0.39 is 75.3 Å². The number of para-hydroxylation sites is 2. The second-order valence-electron chi connectivity index (χ2n) is 22.9. The molecule has 0 aromatic heterocycles. The Morgan fingerprint density at radius 1 is 0.578 bits per heavy atom. The number of hydrogen-bond donors (Lipinski definition) is 4. The van der Waals surface area contributed by atoms with Crippen molar-refractivity contribution in [3.8, 4) is 11.5 Å². The van der Waals surface area contributed by atoms with E-state index in [0.717, 1.165) is 83.5 Å². The maximum Gasteiger partial charge on any atom is 0.588 e. The first kappa shape index (κ1) is 73.2. The lowest BCUT2D eigenvalue weighted by Gasteiger charge is -2.36. The van der Waals surface area contributed by atoms with Crippen LogP contribution in [0.15, 0.2) is 60.7 Å². The van der Waals surface area contributed by atoms with Crippen LogP contribution < -0.4 is 14.4 Å². The van der Waals surface area contributed by atoms with Crippen molar-refractivity contribution >= 4 is 31.6 Å². The van der Waals surface area contributed by atoms with E-state index >= 15 is 9.36 Å². The Kier molecular flexibility index (Phi) is 41.6. The van der Waals surface area contributed by atoms with Gasteiger partial charge in [0.2, 0.25) is 11.8 Å². The number of nitrogens with zero attached hydrogens (tertiary/aromatic N) is 1. The van der Waals surface area contributed by atoms with Gasteiger partial charge in [0.1, 0.15) is 30.3 Å². The highest BCUT2D eigenvalue weighted by Gasteiger charge is 2.47. The summed E-state index contributed by atoms with van der Waals surface area (Å²) in [7, 11) is -4.98. The zero-order valence-electron chi connectivity index (χ0n) is 51.5. The Morgan fingerprint density at radius 3 is 1.43 bits per heavy atom. The first-order valence-electron chi connectivity index (χ1n) is 32.7. The van der Waals surface area contributed by atoms with Crippen LogP contribution in [0, 0.1) is 5.92 Å². The predicted octanol–water partition coefficient (Wildman–Crippen LogP) is 14.5. The number of esters is 2. The fourth-order valence-electron chi connectivity index (χ4n) is 10.6. The van der Waals surface area contributed by atoms with E-state index in [1.165, 1.54) is 121 Å². The molecule has 0 radical (unpaired) electrons. The molecule has 2 aromatic carbocycles. The Morgan fingerprint density at radius 2 is 1.00 bits per heavy atom. The minimum atomic E-state index is -4.98. The molecule has 0 unspecified atom stereocenters. The van der Waals surface area contributed by atoms with Crippen LogP contribution in [0.1, 0.15) is 245 Å². The highest BCUT2D eigenvalue weighted by molar-refractivity contribution is 7.49. The zero-order chi connectivity index (χ0) is 60.0. The quantitative estimate of drug-likeness (QED) is 0.0275. The number of phosphoric acid groups is 1.